The van der Waals surface area contributed by atoms with Gasteiger partial charge in [-0.3, -0.25) is 0 Å². The third-order valence-corrected chi connectivity index (χ3v) is 4.25. The molecule has 28 heavy (non-hydrogen) atoms. The van der Waals surface area contributed by atoms with Crippen LogP contribution in [0, 0.1) is 0 Å². The summed E-state index contributed by atoms with van der Waals surface area (Å²) in [5.74, 6) is -0.0849. The van der Waals surface area contributed by atoms with Gasteiger partial charge < -0.3 is 9.84 Å². The molecule has 0 aliphatic heterocycles. The van der Waals surface area contributed by atoms with E-state index in [1.54, 1.807) is 6.08 Å². The number of carboxylic acids is 1. The van der Waals surface area contributed by atoms with Gasteiger partial charge in [0.15, 0.2) is 0 Å². The van der Waals surface area contributed by atoms with Gasteiger partial charge in [-0.05, 0) is 40.8 Å². The van der Waals surface area contributed by atoms with E-state index >= 15 is 0 Å². The molecule has 0 aromatic heterocycles. The van der Waals surface area contributed by atoms with Gasteiger partial charge in [0.2, 0.25) is 0 Å². The molecular formula is C25H22O3. The van der Waals surface area contributed by atoms with E-state index < -0.39 is 5.97 Å². The van der Waals surface area contributed by atoms with Crippen LogP contribution in [0.4, 0.5) is 0 Å². The maximum Gasteiger partial charge on any atom is 0.328 e. The lowest BCUT2D eigenvalue weighted by atomic mass is 10.0. The lowest BCUT2D eigenvalue weighted by molar-refractivity contribution is -0.131. The molecular weight excluding hydrogens is 348 g/mol. The first-order valence-corrected chi connectivity index (χ1v) is 9.13. The van der Waals surface area contributed by atoms with Gasteiger partial charge >= 0.3 is 5.97 Å². The number of hydrogen-bond acceptors (Lipinski definition) is 2. The average molecular weight is 370 g/mol. The first-order valence-electron chi connectivity index (χ1n) is 9.13. The number of para-hydroxylation sites is 1. The number of carbonyl (C=O) groups is 1. The van der Waals surface area contributed by atoms with Crippen LogP contribution in [0.15, 0.2) is 91.0 Å². The molecule has 140 valence electrons. The predicted octanol–water partition coefficient (Wildman–Crippen LogP) is 5.62. The van der Waals surface area contributed by atoms with Crippen molar-refractivity contribution in [1.29, 1.82) is 0 Å². The molecule has 0 fully saturated rings. The molecule has 0 atom stereocenters. The van der Waals surface area contributed by atoms with Crippen molar-refractivity contribution in [3.63, 3.8) is 0 Å². The van der Waals surface area contributed by atoms with Crippen molar-refractivity contribution < 1.29 is 14.6 Å². The zero-order valence-corrected chi connectivity index (χ0v) is 15.5. The van der Waals surface area contributed by atoms with Crippen molar-refractivity contribution in [2.75, 3.05) is 0 Å². The summed E-state index contributed by atoms with van der Waals surface area (Å²) in [5, 5.41) is 8.84. The minimum absolute atomic E-state index is 0.532. The maximum absolute atomic E-state index is 10.8. The Balaban J connectivity index is 1.69. The Morgan fingerprint density at radius 3 is 2.21 bits per heavy atom. The maximum atomic E-state index is 10.8. The Morgan fingerprint density at radius 2 is 1.46 bits per heavy atom. The molecule has 1 N–H and O–H groups in total. The van der Waals surface area contributed by atoms with Gasteiger partial charge in [0.1, 0.15) is 12.4 Å². The molecule has 0 radical (unpaired) electrons. The Labute approximate surface area is 165 Å². The fraction of sp³-hybridized carbons (Fsp3) is 0.0800. The van der Waals surface area contributed by atoms with E-state index in [2.05, 4.69) is 12.1 Å². The highest BCUT2D eigenvalue weighted by Gasteiger charge is 2.02. The molecule has 0 spiro atoms. The van der Waals surface area contributed by atoms with Crippen molar-refractivity contribution >= 4 is 18.1 Å². The van der Waals surface area contributed by atoms with E-state index in [-0.39, 0.29) is 0 Å². The summed E-state index contributed by atoms with van der Waals surface area (Å²) in [5.41, 5.74) is 4.08. The summed E-state index contributed by atoms with van der Waals surface area (Å²) in [6.45, 7) is 0.532. The minimum atomic E-state index is -0.955. The van der Waals surface area contributed by atoms with E-state index in [0.717, 1.165) is 40.5 Å². The molecule has 3 nitrogen and oxygen atoms in total. The van der Waals surface area contributed by atoms with E-state index in [1.165, 1.54) is 0 Å². The van der Waals surface area contributed by atoms with E-state index in [0.29, 0.717) is 6.61 Å². The van der Waals surface area contributed by atoms with Gasteiger partial charge in [-0.2, -0.15) is 0 Å². The third kappa shape index (κ3) is 5.71. The molecule has 3 heteroatoms. The largest absolute Gasteiger partial charge is 0.489 e. The average Bonchev–Trinajstić information content (AvgIpc) is 2.73. The first kappa shape index (κ1) is 19.2. The summed E-state index contributed by atoms with van der Waals surface area (Å²) < 4.78 is 6.00. The lowest BCUT2D eigenvalue weighted by Gasteiger charge is -2.10. The molecule has 0 unspecified atom stereocenters. The molecule has 0 saturated carbocycles. The topological polar surface area (TPSA) is 46.5 Å². The summed E-state index contributed by atoms with van der Waals surface area (Å²) in [4.78, 5) is 10.8. The highest BCUT2D eigenvalue weighted by atomic mass is 16.5. The van der Waals surface area contributed by atoms with Crippen LogP contribution in [-0.2, 0) is 17.8 Å². The van der Waals surface area contributed by atoms with Crippen molar-refractivity contribution in [3.8, 4) is 5.75 Å². The van der Waals surface area contributed by atoms with Gasteiger partial charge in [0, 0.05) is 6.08 Å². The van der Waals surface area contributed by atoms with E-state index in [4.69, 9.17) is 9.84 Å². The molecule has 0 heterocycles. The summed E-state index contributed by atoms with van der Waals surface area (Å²) >= 11 is 0. The van der Waals surface area contributed by atoms with Crippen molar-refractivity contribution in [2.45, 2.75) is 13.0 Å². The Hall–Kier alpha value is -3.59. The van der Waals surface area contributed by atoms with Gasteiger partial charge in [-0.1, -0.05) is 84.9 Å². The lowest BCUT2D eigenvalue weighted by Crippen LogP contribution is -1.98. The minimum Gasteiger partial charge on any atom is -0.489 e. The zero-order chi connectivity index (χ0) is 19.6. The highest BCUT2D eigenvalue weighted by Crippen LogP contribution is 2.21. The second-order valence-electron chi connectivity index (χ2n) is 6.29. The van der Waals surface area contributed by atoms with Crippen LogP contribution in [-0.4, -0.2) is 11.1 Å². The van der Waals surface area contributed by atoms with E-state index in [9.17, 15) is 4.79 Å². The van der Waals surface area contributed by atoms with Crippen molar-refractivity contribution in [1.82, 2.24) is 0 Å². The molecule has 0 aliphatic rings. The number of hydrogen-bond donors (Lipinski definition) is 1. The second-order valence-corrected chi connectivity index (χ2v) is 6.29. The van der Waals surface area contributed by atoms with Gasteiger partial charge in [0.05, 0.1) is 0 Å². The number of benzene rings is 3. The summed E-state index contributed by atoms with van der Waals surface area (Å²) in [6.07, 6.45) is 7.56. The van der Waals surface area contributed by atoms with Crippen molar-refractivity contribution in [2.24, 2.45) is 0 Å². The number of aliphatic carboxylic acids is 1. The van der Waals surface area contributed by atoms with Crippen LogP contribution in [0.5, 0.6) is 5.75 Å². The predicted molar refractivity (Wildman–Crippen MR) is 113 cm³/mol. The summed E-state index contributed by atoms with van der Waals surface area (Å²) in [6, 6.07) is 25.8. The fourth-order valence-electron chi connectivity index (χ4n) is 2.84. The Morgan fingerprint density at radius 1 is 0.821 bits per heavy atom. The van der Waals surface area contributed by atoms with E-state index in [1.807, 2.05) is 78.9 Å². The van der Waals surface area contributed by atoms with Crippen LogP contribution >= 0.6 is 0 Å². The fourth-order valence-corrected chi connectivity index (χ4v) is 2.84. The van der Waals surface area contributed by atoms with Crippen LogP contribution < -0.4 is 4.74 Å². The van der Waals surface area contributed by atoms with Gasteiger partial charge in [-0.15, -0.1) is 0 Å². The number of carboxylic acid groups (broad SMARTS) is 1. The zero-order valence-electron chi connectivity index (χ0n) is 15.5. The van der Waals surface area contributed by atoms with Crippen LogP contribution in [0.1, 0.15) is 22.3 Å². The van der Waals surface area contributed by atoms with Crippen LogP contribution in [0.3, 0.4) is 0 Å². The van der Waals surface area contributed by atoms with Gasteiger partial charge in [-0.25, -0.2) is 4.79 Å². The Bertz CT molecular complexity index is 972. The Kier molecular flexibility index (Phi) is 6.80. The molecule has 0 amide bonds. The monoisotopic (exact) mass is 370 g/mol. The normalized spacial score (nSPS) is 11.1. The van der Waals surface area contributed by atoms with Crippen molar-refractivity contribution in [3.05, 3.63) is 113 Å². The smallest absolute Gasteiger partial charge is 0.328 e. The number of rotatable bonds is 8. The standard InChI is InChI=1S/C25H22O3/c26-25(27)18-17-22-12-5-4-11-21(22)14-8-15-23-13-6-7-16-24(23)28-19-20-9-2-1-3-10-20/h1-14,16-18H,15,19H2,(H,26,27)/b14-8-,18-17+. The quantitative estimate of drug-likeness (QED) is 0.524. The van der Waals surface area contributed by atoms with Gasteiger partial charge in [0.25, 0.3) is 0 Å². The third-order valence-electron chi connectivity index (χ3n) is 4.25. The SMILES string of the molecule is O=C(O)/C=C/c1ccccc1/C=C\Cc1ccccc1OCc1ccccc1. The first-order chi connectivity index (χ1) is 13.7. The second kappa shape index (κ2) is 9.93. The molecule has 0 aliphatic carbocycles. The highest BCUT2D eigenvalue weighted by molar-refractivity contribution is 5.86. The molecule has 3 aromatic rings. The molecule has 3 rings (SSSR count). The molecule has 0 bridgehead atoms. The number of ether oxygens (including phenoxy) is 1. The summed E-state index contributed by atoms with van der Waals surface area (Å²) in [7, 11) is 0. The van der Waals surface area contributed by atoms with Crippen LogP contribution in [0.2, 0.25) is 0 Å². The molecule has 3 aromatic carbocycles. The van der Waals surface area contributed by atoms with Crippen LogP contribution in [0.25, 0.3) is 12.2 Å². The molecule has 0 saturated heterocycles. The number of allylic oxidation sites excluding steroid dienone is 1.